The highest BCUT2D eigenvalue weighted by Crippen LogP contribution is 2.44. The molecule has 1 unspecified atom stereocenters. The third kappa shape index (κ3) is 4.42. The van der Waals surface area contributed by atoms with E-state index in [2.05, 4.69) is 22.9 Å². The lowest BCUT2D eigenvalue weighted by molar-refractivity contribution is -0.117. The molecule has 1 aromatic rings. The van der Waals surface area contributed by atoms with Gasteiger partial charge < -0.3 is 20.7 Å². The summed E-state index contributed by atoms with van der Waals surface area (Å²) >= 11 is 0. The van der Waals surface area contributed by atoms with Crippen molar-refractivity contribution in [3.05, 3.63) is 52.6 Å². The summed E-state index contributed by atoms with van der Waals surface area (Å²) in [5, 5.41) is 8.59. The predicted molar refractivity (Wildman–Crippen MR) is 117 cm³/mol. The van der Waals surface area contributed by atoms with Gasteiger partial charge in [0.25, 0.3) is 5.91 Å². The maximum atomic E-state index is 13.0. The molecule has 1 saturated carbocycles. The fraction of sp³-hybridized carbons (Fsp3) is 0.458. The highest BCUT2D eigenvalue weighted by Gasteiger charge is 2.54. The Morgan fingerprint density at radius 2 is 2.00 bits per heavy atom. The minimum absolute atomic E-state index is 0.00774. The molecular formula is C24H29N3O4. The van der Waals surface area contributed by atoms with Gasteiger partial charge in [-0.15, -0.1) is 0 Å². The number of hydrogen-bond acceptors (Lipinski definition) is 4. The van der Waals surface area contributed by atoms with Gasteiger partial charge in [-0.3, -0.25) is 14.4 Å². The van der Waals surface area contributed by atoms with E-state index >= 15 is 0 Å². The molecular weight excluding hydrogens is 394 g/mol. The lowest BCUT2D eigenvalue weighted by Crippen LogP contribution is -2.31. The molecule has 2 aliphatic heterocycles. The van der Waals surface area contributed by atoms with Gasteiger partial charge in [-0.05, 0) is 42.5 Å². The van der Waals surface area contributed by atoms with E-state index in [-0.39, 0.29) is 29.7 Å². The SMILES string of the molecule is CNC(=O)/C(C)=C/C(=C\CC(C)c1cccc2c1CC(=O)N2)C(=O)N[C@H]1[C@@H]2COC[C@@H]21. The molecule has 3 N–H and O–H groups in total. The number of carbonyl (C=O) groups is 3. The Hall–Kier alpha value is -2.93. The lowest BCUT2D eigenvalue weighted by atomic mass is 9.91. The van der Waals surface area contributed by atoms with Crippen molar-refractivity contribution < 1.29 is 19.1 Å². The van der Waals surface area contributed by atoms with E-state index in [1.54, 1.807) is 20.0 Å². The monoisotopic (exact) mass is 423 g/mol. The van der Waals surface area contributed by atoms with Gasteiger partial charge in [0, 0.05) is 41.8 Å². The van der Waals surface area contributed by atoms with Gasteiger partial charge in [-0.25, -0.2) is 0 Å². The van der Waals surface area contributed by atoms with Gasteiger partial charge in [0.15, 0.2) is 0 Å². The molecule has 2 fully saturated rings. The molecule has 4 rings (SSSR count). The van der Waals surface area contributed by atoms with Crippen LogP contribution in [-0.2, 0) is 25.5 Å². The van der Waals surface area contributed by atoms with Gasteiger partial charge in [0.2, 0.25) is 11.8 Å². The fourth-order valence-corrected chi connectivity index (χ4v) is 4.57. The summed E-state index contributed by atoms with van der Waals surface area (Å²) in [5.41, 5.74) is 3.97. The molecule has 7 heteroatoms. The Morgan fingerprint density at radius 1 is 1.26 bits per heavy atom. The summed E-state index contributed by atoms with van der Waals surface area (Å²) in [4.78, 5) is 36.8. The zero-order valence-corrected chi connectivity index (χ0v) is 18.2. The number of amides is 3. The van der Waals surface area contributed by atoms with Crippen LogP contribution in [0.3, 0.4) is 0 Å². The number of allylic oxidation sites excluding steroid dienone is 1. The number of hydrogen-bond donors (Lipinski definition) is 3. The fourth-order valence-electron chi connectivity index (χ4n) is 4.57. The molecule has 1 aliphatic carbocycles. The predicted octanol–water partition coefficient (Wildman–Crippen LogP) is 2.05. The molecule has 2 heterocycles. The quantitative estimate of drug-likeness (QED) is 0.462. The molecule has 3 amide bonds. The van der Waals surface area contributed by atoms with Crippen LogP contribution < -0.4 is 16.0 Å². The maximum absolute atomic E-state index is 13.0. The van der Waals surface area contributed by atoms with Crippen LogP contribution in [0.5, 0.6) is 0 Å². The van der Waals surface area contributed by atoms with E-state index < -0.39 is 0 Å². The highest BCUT2D eigenvalue weighted by molar-refractivity contribution is 6.01. The number of rotatable bonds is 7. The van der Waals surface area contributed by atoms with Crippen LogP contribution in [0.25, 0.3) is 0 Å². The Morgan fingerprint density at radius 3 is 2.71 bits per heavy atom. The van der Waals surface area contributed by atoms with Gasteiger partial charge in [-0.1, -0.05) is 25.1 Å². The third-order valence-electron chi connectivity index (χ3n) is 6.52. The zero-order valence-electron chi connectivity index (χ0n) is 18.2. The minimum atomic E-state index is -0.214. The Labute approximate surface area is 182 Å². The second-order valence-corrected chi connectivity index (χ2v) is 8.67. The van der Waals surface area contributed by atoms with Gasteiger partial charge in [0.1, 0.15) is 0 Å². The average Bonchev–Trinajstić information content (AvgIpc) is 3.11. The van der Waals surface area contributed by atoms with Crippen molar-refractivity contribution >= 4 is 23.4 Å². The number of ether oxygens (including phenoxy) is 1. The van der Waals surface area contributed by atoms with Gasteiger partial charge >= 0.3 is 0 Å². The van der Waals surface area contributed by atoms with Crippen molar-refractivity contribution in [1.29, 1.82) is 0 Å². The third-order valence-corrected chi connectivity index (χ3v) is 6.52. The van der Waals surface area contributed by atoms with Crippen LogP contribution in [0.2, 0.25) is 0 Å². The molecule has 0 bridgehead atoms. The van der Waals surface area contributed by atoms with E-state index in [1.165, 1.54) is 0 Å². The second kappa shape index (κ2) is 8.67. The summed E-state index contributed by atoms with van der Waals surface area (Å²) < 4.78 is 5.40. The van der Waals surface area contributed by atoms with Crippen LogP contribution in [0.4, 0.5) is 5.69 Å². The normalized spacial score (nSPS) is 25.4. The molecule has 3 aliphatic rings. The summed E-state index contributed by atoms with van der Waals surface area (Å²) in [7, 11) is 1.57. The van der Waals surface area contributed by atoms with E-state index in [0.29, 0.717) is 49.0 Å². The number of likely N-dealkylation sites (N-methyl/N-ethyl adjacent to an activating group) is 1. The van der Waals surface area contributed by atoms with Crippen molar-refractivity contribution in [3.8, 4) is 0 Å². The van der Waals surface area contributed by atoms with E-state index in [4.69, 9.17) is 4.74 Å². The number of anilines is 1. The van der Waals surface area contributed by atoms with Crippen molar-refractivity contribution in [1.82, 2.24) is 10.6 Å². The highest BCUT2D eigenvalue weighted by atomic mass is 16.5. The van der Waals surface area contributed by atoms with Crippen LogP contribution in [0.15, 0.2) is 41.5 Å². The number of nitrogens with one attached hydrogen (secondary N) is 3. The summed E-state index contributed by atoms with van der Waals surface area (Å²) in [6.07, 6.45) is 4.54. The smallest absolute Gasteiger partial charge is 0.251 e. The Balaban J connectivity index is 1.52. The van der Waals surface area contributed by atoms with Crippen LogP contribution in [0.1, 0.15) is 37.3 Å². The molecule has 7 nitrogen and oxygen atoms in total. The summed E-state index contributed by atoms with van der Waals surface area (Å²) in [6, 6.07) is 6.05. The van der Waals surface area contributed by atoms with Crippen molar-refractivity contribution in [2.45, 2.75) is 38.6 Å². The number of fused-ring (bicyclic) bond motifs is 2. The first-order chi connectivity index (χ1) is 14.9. The van der Waals surface area contributed by atoms with Crippen molar-refractivity contribution in [2.24, 2.45) is 11.8 Å². The van der Waals surface area contributed by atoms with Crippen LogP contribution in [-0.4, -0.2) is 44.0 Å². The largest absolute Gasteiger partial charge is 0.381 e. The standard InChI is InChI=1S/C24H29N3O4/c1-13(16-5-4-6-20-17(16)10-21(28)26-20)7-8-15(9-14(2)23(29)25-3)24(30)27-22-18-11-31-12-19(18)22/h4-6,8-9,13,18-19,22H,7,10-12H2,1-3H3,(H,25,29)(H,26,28)(H,27,30)/b14-9+,15-8+/t13?,18-,19+,22+. The first kappa shape index (κ1) is 21.3. The topological polar surface area (TPSA) is 96.5 Å². The minimum Gasteiger partial charge on any atom is -0.381 e. The molecule has 0 spiro atoms. The van der Waals surface area contributed by atoms with E-state index in [0.717, 1.165) is 16.8 Å². The molecule has 4 atom stereocenters. The van der Waals surface area contributed by atoms with Gasteiger partial charge in [0.05, 0.1) is 19.6 Å². The molecule has 1 aromatic carbocycles. The van der Waals surface area contributed by atoms with Crippen LogP contribution in [0, 0.1) is 11.8 Å². The van der Waals surface area contributed by atoms with Crippen LogP contribution >= 0.6 is 0 Å². The Kier molecular flexibility index (Phi) is 5.96. The van der Waals surface area contributed by atoms with E-state index in [1.807, 2.05) is 24.3 Å². The summed E-state index contributed by atoms with van der Waals surface area (Å²) in [6.45, 7) is 5.18. The molecule has 0 aromatic heterocycles. The van der Waals surface area contributed by atoms with Gasteiger partial charge in [-0.2, -0.15) is 0 Å². The van der Waals surface area contributed by atoms with Crippen molar-refractivity contribution in [2.75, 3.05) is 25.6 Å². The van der Waals surface area contributed by atoms with Crippen molar-refractivity contribution in [3.63, 3.8) is 0 Å². The molecule has 1 saturated heterocycles. The Bertz CT molecular complexity index is 971. The molecule has 164 valence electrons. The zero-order chi connectivity index (χ0) is 22.1. The summed E-state index contributed by atoms with van der Waals surface area (Å²) in [5.74, 6) is 0.565. The van der Waals surface area contributed by atoms with E-state index in [9.17, 15) is 14.4 Å². The lowest BCUT2D eigenvalue weighted by Gasteiger charge is -2.15. The first-order valence-electron chi connectivity index (χ1n) is 10.8. The maximum Gasteiger partial charge on any atom is 0.251 e. The number of benzene rings is 1. The average molecular weight is 424 g/mol. The number of carbonyl (C=O) groups excluding carboxylic acids is 3. The molecule has 0 radical (unpaired) electrons. The second-order valence-electron chi connectivity index (χ2n) is 8.67. The molecule has 31 heavy (non-hydrogen) atoms. The first-order valence-corrected chi connectivity index (χ1v) is 10.8.